The number of benzene rings is 2. The molecule has 1 heterocycles. The van der Waals surface area contributed by atoms with E-state index in [2.05, 4.69) is 26.4 Å². The van der Waals surface area contributed by atoms with Crippen molar-refractivity contribution in [3.8, 4) is 0 Å². The predicted molar refractivity (Wildman–Crippen MR) is 219 cm³/mol. The average Bonchev–Trinajstić information content (AvgIpc) is 3.21. The second-order valence-corrected chi connectivity index (χ2v) is 15.3. The Morgan fingerprint density at radius 3 is 2.29 bits per heavy atom. The average molecular weight is 802 g/mol. The number of esters is 1. The lowest BCUT2D eigenvalue weighted by molar-refractivity contribution is -0.154. The fraction of sp³-hybridized carbons (Fsp3) is 0.512. The minimum absolute atomic E-state index is 0.0100. The van der Waals surface area contributed by atoms with Crippen LogP contribution in [0.25, 0.3) is 10.9 Å². The number of carbonyl (C=O) groups excluding carboxylic acids is 6. The molecule has 2 aromatic carbocycles. The number of para-hydroxylation sites is 1. The molecule has 0 spiro atoms. The highest BCUT2D eigenvalue weighted by molar-refractivity contribution is 6.05. The summed E-state index contributed by atoms with van der Waals surface area (Å²) in [5.74, 6) is -3.21. The number of rotatable bonds is 20. The van der Waals surface area contributed by atoms with Gasteiger partial charge in [-0.2, -0.15) is 0 Å². The summed E-state index contributed by atoms with van der Waals surface area (Å²) in [6, 6.07) is 16.6. The van der Waals surface area contributed by atoms with Crippen LogP contribution in [0.4, 0.5) is 4.79 Å². The van der Waals surface area contributed by atoms with Gasteiger partial charge in [-0.1, -0.05) is 101 Å². The SMILES string of the molecule is CCCCC(=O)OC(CN(CC1CCCCC1)NC(=O)C(NC(=O)OC)C(C)C)C(Cc1ccccc1)NC(=O)C(N)CC(=O)NC(=O)c1ccc2ccccc2n1. The number of nitrogens with zero attached hydrogens (tertiary/aromatic N) is 2. The third-order valence-corrected chi connectivity index (χ3v) is 10.2. The van der Waals surface area contributed by atoms with E-state index < -0.39 is 66.3 Å². The van der Waals surface area contributed by atoms with E-state index in [9.17, 15) is 28.8 Å². The Labute approximate surface area is 340 Å². The standard InChI is InChI=1S/C43H59N7O8/c1-5-6-21-38(52)58-36(27-50(26-30-17-11-8-12-18-30)49-42(55)39(28(2)3)48-43(56)57-4)35(24-29-15-9-7-10-16-29)46-40(53)32(44)25-37(51)47-41(54)34-23-22-31-19-13-14-20-33(31)45-34/h7,9-10,13-16,19-20,22-23,28,30,32,35-36,39H,5-6,8,11-12,17-18,21,24-27,44H2,1-4H3,(H,46,53)(H,48,56)(H,49,55)(H,47,51,54). The van der Waals surface area contributed by atoms with Crippen LogP contribution in [0.15, 0.2) is 66.7 Å². The molecule has 1 saturated carbocycles. The van der Waals surface area contributed by atoms with E-state index in [4.69, 9.17) is 15.2 Å². The van der Waals surface area contributed by atoms with Crippen LogP contribution in [-0.4, -0.2) is 90.1 Å². The first-order valence-electron chi connectivity index (χ1n) is 20.3. The number of amides is 5. The summed E-state index contributed by atoms with van der Waals surface area (Å²) in [7, 11) is 1.22. The number of alkyl carbamates (subject to hydrolysis) is 1. The first-order valence-corrected chi connectivity index (χ1v) is 20.3. The third kappa shape index (κ3) is 14.5. The molecule has 0 radical (unpaired) electrons. The van der Waals surface area contributed by atoms with Gasteiger partial charge in [-0.05, 0) is 55.2 Å². The quantitative estimate of drug-likeness (QED) is 0.0802. The molecule has 6 N–H and O–H groups in total. The number of aromatic nitrogens is 1. The second kappa shape index (κ2) is 23.1. The molecule has 0 bridgehead atoms. The van der Waals surface area contributed by atoms with Crippen molar-refractivity contribution in [2.45, 2.75) is 109 Å². The topological polar surface area (TPSA) is 211 Å². The van der Waals surface area contributed by atoms with Crippen molar-refractivity contribution in [3.05, 3.63) is 78.0 Å². The van der Waals surface area contributed by atoms with Crippen LogP contribution in [-0.2, 0) is 35.1 Å². The summed E-state index contributed by atoms with van der Waals surface area (Å²) in [6.07, 6.45) is 4.55. The van der Waals surface area contributed by atoms with E-state index in [0.717, 1.165) is 49.5 Å². The lowest BCUT2D eigenvalue weighted by Crippen LogP contribution is -2.60. The fourth-order valence-electron chi connectivity index (χ4n) is 6.97. The number of hydrogen-bond donors (Lipinski definition) is 5. The number of fused-ring (bicyclic) bond motifs is 1. The molecule has 15 heteroatoms. The number of pyridine rings is 1. The maximum absolute atomic E-state index is 13.8. The van der Waals surface area contributed by atoms with E-state index in [1.165, 1.54) is 13.2 Å². The van der Waals surface area contributed by atoms with Crippen molar-refractivity contribution in [3.63, 3.8) is 0 Å². The zero-order valence-electron chi connectivity index (χ0n) is 34.0. The Kier molecular flexibility index (Phi) is 18.0. The summed E-state index contributed by atoms with van der Waals surface area (Å²) in [4.78, 5) is 83.4. The summed E-state index contributed by atoms with van der Waals surface area (Å²) >= 11 is 0. The number of methoxy groups -OCH3 is 1. The van der Waals surface area contributed by atoms with Gasteiger partial charge in [-0.25, -0.2) is 14.8 Å². The minimum atomic E-state index is -1.37. The van der Waals surface area contributed by atoms with E-state index >= 15 is 0 Å². The number of hydrogen-bond acceptors (Lipinski definition) is 11. The number of nitrogens with one attached hydrogen (secondary N) is 4. The molecule has 0 aliphatic heterocycles. The monoisotopic (exact) mass is 801 g/mol. The van der Waals surface area contributed by atoms with Crippen molar-refractivity contribution in [2.24, 2.45) is 17.6 Å². The highest BCUT2D eigenvalue weighted by atomic mass is 16.5. The van der Waals surface area contributed by atoms with Crippen molar-refractivity contribution in [2.75, 3.05) is 20.2 Å². The van der Waals surface area contributed by atoms with E-state index in [1.54, 1.807) is 37.1 Å². The van der Waals surface area contributed by atoms with Gasteiger partial charge < -0.3 is 25.8 Å². The number of unbranched alkanes of at least 4 members (excludes halogenated alkanes) is 1. The molecular formula is C43H59N7O8. The molecule has 1 aliphatic carbocycles. The number of hydrazine groups is 1. The van der Waals surface area contributed by atoms with Crippen molar-refractivity contribution in [1.29, 1.82) is 0 Å². The molecule has 3 aromatic rings. The van der Waals surface area contributed by atoms with Crippen LogP contribution < -0.4 is 27.1 Å². The summed E-state index contributed by atoms with van der Waals surface area (Å²) < 4.78 is 10.9. The molecule has 4 rings (SSSR count). The molecule has 5 amide bonds. The Balaban J connectivity index is 1.58. The molecule has 58 heavy (non-hydrogen) atoms. The van der Waals surface area contributed by atoms with Gasteiger partial charge in [0.15, 0.2) is 0 Å². The molecule has 15 nitrogen and oxygen atoms in total. The molecule has 1 aromatic heterocycles. The molecule has 1 fully saturated rings. The Morgan fingerprint density at radius 2 is 1.60 bits per heavy atom. The van der Waals surface area contributed by atoms with Crippen molar-refractivity contribution < 1.29 is 38.2 Å². The Hall–Kier alpha value is -5.41. The molecule has 4 atom stereocenters. The summed E-state index contributed by atoms with van der Waals surface area (Å²) in [5.41, 5.74) is 10.7. The highest BCUT2D eigenvalue weighted by Gasteiger charge is 2.34. The summed E-state index contributed by atoms with van der Waals surface area (Å²) in [5, 5.41) is 10.4. The van der Waals surface area contributed by atoms with Crippen LogP contribution in [0.3, 0.4) is 0 Å². The predicted octanol–water partition coefficient (Wildman–Crippen LogP) is 4.33. The normalized spacial score (nSPS) is 15.2. The fourth-order valence-corrected chi connectivity index (χ4v) is 6.97. The van der Waals surface area contributed by atoms with E-state index in [0.29, 0.717) is 18.5 Å². The molecule has 314 valence electrons. The highest BCUT2D eigenvalue weighted by Crippen LogP contribution is 2.25. The van der Waals surface area contributed by atoms with Crippen LogP contribution in [0, 0.1) is 11.8 Å². The van der Waals surface area contributed by atoms with Gasteiger partial charge in [-0.15, -0.1) is 0 Å². The van der Waals surface area contributed by atoms with Crippen LogP contribution in [0.2, 0.25) is 0 Å². The second-order valence-electron chi connectivity index (χ2n) is 15.3. The van der Waals surface area contributed by atoms with Gasteiger partial charge in [0.1, 0.15) is 17.8 Å². The smallest absolute Gasteiger partial charge is 0.407 e. The van der Waals surface area contributed by atoms with Gasteiger partial charge in [0.05, 0.1) is 37.7 Å². The first kappa shape index (κ1) is 45.3. The number of imide groups is 1. The number of ether oxygens (including phenoxy) is 2. The van der Waals surface area contributed by atoms with Gasteiger partial charge in [0, 0.05) is 18.4 Å². The van der Waals surface area contributed by atoms with Gasteiger partial charge in [-0.3, -0.25) is 34.7 Å². The van der Waals surface area contributed by atoms with Crippen LogP contribution in [0.1, 0.15) is 94.6 Å². The zero-order chi connectivity index (χ0) is 42.0. The van der Waals surface area contributed by atoms with Crippen molar-refractivity contribution >= 4 is 46.6 Å². The van der Waals surface area contributed by atoms with E-state index in [1.807, 2.05) is 49.4 Å². The third-order valence-electron chi connectivity index (χ3n) is 10.2. The zero-order valence-corrected chi connectivity index (χ0v) is 34.0. The van der Waals surface area contributed by atoms with E-state index in [-0.39, 0.29) is 36.9 Å². The number of carbonyl (C=O) groups is 6. The van der Waals surface area contributed by atoms with Gasteiger partial charge >= 0.3 is 12.1 Å². The lowest BCUT2D eigenvalue weighted by Gasteiger charge is -2.36. The van der Waals surface area contributed by atoms with Gasteiger partial charge in [0.2, 0.25) is 11.8 Å². The lowest BCUT2D eigenvalue weighted by atomic mass is 9.89. The summed E-state index contributed by atoms with van der Waals surface area (Å²) in [6.45, 7) is 5.99. The molecule has 4 unspecified atom stereocenters. The first-order chi connectivity index (χ1) is 27.9. The van der Waals surface area contributed by atoms with Crippen molar-refractivity contribution in [1.82, 2.24) is 31.4 Å². The number of nitrogens with two attached hydrogens (primary N) is 1. The molecule has 0 saturated heterocycles. The Morgan fingerprint density at radius 1 is 0.897 bits per heavy atom. The largest absolute Gasteiger partial charge is 0.459 e. The maximum Gasteiger partial charge on any atom is 0.407 e. The Bertz CT molecular complexity index is 1840. The van der Waals surface area contributed by atoms with Crippen LogP contribution >= 0.6 is 0 Å². The van der Waals surface area contributed by atoms with Crippen LogP contribution in [0.5, 0.6) is 0 Å². The van der Waals surface area contributed by atoms with Gasteiger partial charge in [0.25, 0.3) is 11.8 Å². The minimum Gasteiger partial charge on any atom is -0.459 e. The maximum atomic E-state index is 13.8. The molecule has 1 aliphatic rings. The molecular weight excluding hydrogens is 743 g/mol.